The first-order valence-corrected chi connectivity index (χ1v) is 8.25. The molecule has 0 aromatic carbocycles. The molecule has 0 heterocycles. The standard InChI is InChI=1S/C17H25NO3/c1-10-3-2-4-11(7-10)9-18-16(19)14-12-5-6-13(8-12)15(14)17(20)21/h5-6,10-15H,2-4,7-9H2,1H3,(H,18,19)(H,20,21)/t10?,11?,12?,13?,14-,15+/m0/s1. The van der Waals surface area contributed by atoms with E-state index in [4.69, 9.17) is 0 Å². The lowest BCUT2D eigenvalue weighted by atomic mass is 9.81. The molecule has 0 aliphatic heterocycles. The van der Waals surface area contributed by atoms with Crippen LogP contribution in [0.25, 0.3) is 0 Å². The summed E-state index contributed by atoms with van der Waals surface area (Å²) in [5, 5.41) is 12.4. The molecular formula is C17H25NO3. The van der Waals surface area contributed by atoms with Gasteiger partial charge in [0, 0.05) is 6.54 Å². The zero-order valence-electron chi connectivity index (χ0n) is 12.6. The van der Waals surface area contributed by atoms with Crippen molar-refractivity contribution >= 4 is 11.9 Å². The zero-order chi connectivity index (χ0) is 15.0. The van der Waals surface area contributed by atoms with E-state index < -0.39 is 11.9 Å². The maximum Gasteiger partial charge on any atom is 0.307 e. The van der Waals surface area contributed by atoms with Crippen molar-refractivity contribution in [2.24, 2.45) is 35.5 Å². The van der Waals surface area contributed by atoms with E-state index in [9.17, 15) is 14.7 Å². The second-order valence-electron chi connectivity index (χ2n) is 7.22. The lowest BCUT2D eigenvalue weighted by Crippen LogP contribution is -2.42. The van der Waals surface area contributed by atoms with Crippen LogP contribution >= 0.6 is 0 Å². The second-order valence-corrected chi connectivity index (χ2v) is 7.22. The van der Waals surface area contributed by atoms with Crippen molar-refractivity contribution in [2.45, 2.75) is 39.0 Å². The van der Waals surface area contributed by atoms with Crippen LogP contribution in [0.3, 0.4) is 0 Å². The maximum absolute atomic E-state index is 12.5. The van der Waals surface area contributed by atoms with Crippen LogP contribution in [0.1, 0.15) is 39.0 Å². The van der Waals surface area contributed by atoms with E-state index in [1.807, 2.05) is 12.2 Å². The minimum absolute atomic E-state index is 0.0440. The van der Waals surface area contributed by atoms with Gasteiger partial charge in [-0.1, -0.05) is 31.9 Å². The quantitative estimate of drug-likeness (QED) is 0.782. The Labute approximate surface area is 126 Å². The molecule has 1 amide bonds. The number of carbonyl (C=O) groups excluding carboxylic acids is 1. The fourth-order valence-electron chi connectivity index (χ4n) is 4.62. The molecule has 0 radical (unpaired) electrons. The molecule has 2 saturated carbocycles. The van der Waals surface area contributed by atoms with E-state index in [1.165, 1.54) is 25.7 Å². The van der Waals surface area contributed by atoms with Crippen LogP contribution in [0.4, 0.5) is 0 Å². The van der Waals surface area contributed by atoms with Gasteiger partial charge >= 0.3 is 5.97 Å². The number of carboxylic acid groups (broad SMARTS) is 1. The predicted octanol–water partition coefficient (Wildman–Crippen LogP) is 2.45. The van der Waals surface area contributed by atoms with Crippen LogP contribution in [-0.4, -0.2) is 23.5 Å². The Balaban J connectivity index is 1.57. The van der Waals surface area contributed by atoms with Crippen LogP contribution in [-0.2, 0) is 9.59 Å². The smallest absolute Gasteiger partial charge is 0.307 e. The molecule has 6 atom stereocenters. The summed E-state index contributed by atoms with van der Waals surface area (Å²) in [5.41, 5.74) is 0. The van der Waals surface area contributed by atoms with Gasteiger partial charge < -0.3 is 10.4 Å². The highest BCUT2D eigenvalue weighted by Gasteiger charge is 2.51. The summed E-state index contributed by atoms with van der Waals surface area (Å²) >= 11 is 0. The summed E-state index contributed by atoms with van der Waals surface area (Å²) in [7, 11) is 0. The average molecular weight is 291 g/mol. The Morgan fingerprint density at radius 1 is 1.14 bits per heavy atom. The van der Waals surface area contributed by atoms with Crippen LogP contribution in [0.2, 0.25) is 0 Å². The van der Waals surface area contributed by atoms with E-state index >= 15 is 0 Å². The van der Waals surface area contributed by atoms with Crippen LogP contribution in [0.5, 0.6) is 0 Å². The monoisotopic (exact) mass is 291 g/mol. The molecule has 2 fully saturated rings. The summed E-state index contributed by atoms with van der Waals surface area (Å²) in [4.78, 5) is 23.9. The van der Waals surface area contributed by atoms with Crippen molar-refractivity contribution in [3.05, 3.63) is 12.2 Å². The summed E-state index contributed by atoms with van der Waals surface area (Å²) in [6.45, 7) is 2.99. The Hall–Kier alpha value is -1.32. The lowest BCUT2D eigenvalue weighted by molar-refractivity contribution is -0.147. The Morgan fingerprint density at radius 3 is 2.52 bits per heavy atom. The molecule has 0 aromatic heterocycles. The summed E-state index contributed by atoms with van der Waals surface area (Å²) in [6, 6.07) is 0. The van der Waals surface area contributed by atoms with Gasteiger partial charge in [-0.25, -0.2) is 0 Å². The van der Waals surface area contributed by atoms with Gasteiger partial charge in [0.05, 0.1) is 11.8 Å². The third kappa shape index (κ3) is 2.85. The third-order valence-electron chi connectivity index (χ3n) is 5.66. The molecule has 116 valence electrons. The van der Waals surface area contributed by atoms with Gasteiger partial charge in [-0.15, -0.1) is 0 Å². The fraction of sp³-hybridized carbons (Fsp3) is 0.765. The number of amides is 1. The SMILES string of the molecule is CC1CCCC(CNC(=O)[C@H]2C3C=CC(C3)[C@H]2C(=O)O)C1. The predicted molar refractivity (Wildman–Crippen MR) is 79.5 cm³/mol. The van der Waals surface area contributed by atoms with Crippen LogP contribution in [0, 0.1) is 35.5 Å². The molecule has 4 heteroatoms. The number of rotatable bonds is 4. The highest BCUT2D eigenvalue weighted by atomic mass is 16.4. The maximum atomic E-state index is 12.5. The van der Waals surface area contributed by atoms with Crippen molar-refractivity contribution in [1.82, 2.24) is 5.32 Å². The molecule has 3 rings (SSSR count). The number of aliphatic carboxylic acids is 1. The number of nitrogens with one attached hydrogen (secondary N) is 1. The molecule has 2 bridgehead atoms. The number of carbonyl (C=O) groups is 2. The zero-order valence-corrected chi connectivity index (χ0v) is 12.6. The molecule has 4 unspecified atom stereocenters. The van der Waals surface area contributed by atoms with Crippen LogP contribution < -0.4 is 5.32 Å². The number of carboxylic acids is 1. The van der Waals surface area contributed by atoms with E-state index in [0.717, 1.165) is 12.3 Å². The topological polar surface area (TPSA) is 66.4 Å². The number of hydrogen-bond donors (Lipinski definition) is 2. The number of hydrogen-bond acceptors (Lipinski definition) is 2. The Bertz CT molecular complexity index is 459. The van der Waals surface area contributed by atoms with E-state index in [2.05, 4.69) is 12.2 Å². The minimum Gasteiger partial charge on any atom is -0.481 e. The number of allylic oxidation sites excluding steroid dienone is 2. The highest BCUT2D eigenvalue weighted by molar-refractivity contribution is 5.86. The van der Waals surface area contributed by atoms with Crippen molar-refractivity contribution in [1.29, 1.82) is 0 Å². The summed E-state index contributed by atoms with van der Waals surface area (Å²) in [5.74, 6) is -0.258. The molecule has 0 saturated heterocycles. The Morgan fingerprint density at radius 2 is 1.86 bits per heavy atom. The normalized spacial score (nSPS) is 41.2. The largest absolute Gasteiger partial charge is 0.481 e. The molecule has 21 heavy (non-hydrogen) atoms. The van der Waals surface area contributed by atoms with Gasteiger partial charge in [0.15, 0.2) is 0 Å². The first kappa shape index (κ1) is 14.6. The first-order chi connectivity index (χ1) is 10.1. The fourth-order valence-corrected chi connectivity index (χ4v) is 4.62. The van der Waals surface area contributed by atoms with Gasteiger partial charge in [-0.2, -0.15) is 0 Å². The van der Waals surface area contributed by atoms with Crippen molar-refractivity contribution in [3.8, 4) is 0 Å². The first-order valence-electron chi connectivity index (χ1n) is 8.25. The minimum atomic E-state index is -0.821. The Kier molecular flexibility index (Phi) is 4.05. The lowest BCUT2D eigenvalue weighted by Gasteiger charge is -2.28. The second kappa shape index (κ2) is 5.82. The van der Waals surface area contributed by atoms with Crippen LogP contribution in [0.15, 0.2) is 12.2 Å². The summed E-state index contributed by atoms with van der Waals surface area (Å²) in [6.07, 6.45) is 9.75. The molecule has 0 spiro atoms. The molecule has 3 aliphatic carbocycles. The molecular weight excluding hydrogens is 266 g/mol. The van der Waals surface area contributed by atoms with E-state index in [1.54, 1.807) is 0 Å². The highest BCUT2D eigenvalue weighted by Crippen LogP contribution is 2.48. The van der Waals surface area contributed by atoms with Gasteiger partial charge in [-0.3, -0.25) is 9.59 Å². The molecule has 4 nitrogen and oxygen atoms in total. The van der Waals surface area contributed by atoms with Gasteiger partial charge in [-0.05, 0) is 42.9 Å². The summed E-state index contributed by atoms with van der Waals surface area (Å²) < 4.78 is 0. The molecule has 3 aliphatic rings. The van der Waals surface area contributed by atoms with E-state index in [0.29, 0.717) is 12.5 Å². The molecule has 2 N–H and O–H groups in total. The van der Waals surface area contributed by atoms with E-state index in [-0.39, 0.29) is 23.7 Å². The number of fused-ring (bicyclic) bond motifs is 2. The van der Waals surface area contributed by atoms with Crippen molar-refractivity contribution in [3.63, 3.8) is 0 Å². The van der Waals surface area contributed by atoms with Crippen molar-refractivity contribution < 1.29 is 14.7 Å². The van der Waals surface area contributed by atoms with Gasteiger partial charge in [0.25, 0.3) is 0 Å². The van der Waals surface area contributed by atoms with Crippen molar-refractivity contribution in [2.75, 3.05) is 6.54 Å². The van der Waals surface area contributed by atoms with Gasteiger partial charge in [0.2, 0.25) is 5.91 Å². The third-order valence-corrected chi connectivity index (χ3v) is 5.66. The molecule has 0 aromatic rings. The average Bonchev–Trinajstić information content (AvgIpc) is 3.05. The van der Waals surface area contributed by atoms with Gasteiger partial charge in [0.1, 0.15) is 0 Å².